The maximum Gasteiger partial charge on any atom is 0.191 e. The van der Waals surface area contributed by atoms with Crippen molar-refractivity contribution in [3.05, 3.63) is 30.1 Å². The van der Waals surface area contributed by atoms with Crippen molar-refractivity contribution < 1.29 is 17.5 Å². The van der Waals surface area contributed by atoms with E-state index < -0.39 is 9.84 Å². The Morgan fingerprint density at radius 3 is 2.74 bits per heavy atom. The van der Waals surface area contributed by atoms with Gasteiger partial charge in [-0.3, -0.25) is 0 Å². The minimum absolute atomic E-state index is 0. The predicted octanol–water partition coefficient (Wildman–Crippen LogP) is 2.59. The highest BCUT2D eigenvalue weighted by Gasteiger charge is 2.27. The summed E-state index contributed by atoms with van der Waals surface area (Å²) in [5.74, 6) is 1.42. The first-order valence-corrected chi connectivity index (χ1v) is 10.9. The molecule has 1 saturated heterocycles. The largest absolute Gasteiger partial charge is 0.488 e. The van der Waals surface area contributed by atoms with E-state index >= 15 is 0 Å². The number of hydrogen-bond donors (Lipinski definition) is 2. The molecule has 1 aromatic carbocycles. The van der Waals surface area contributed by atoms with Gasteiger partial charge in [0.15, 0.2) is 15.8 Å². The van der Waals surface area contributed by atoms with Crippen LogP contribution in [0.15, 0.2) is 29.3 Å². The fourth-order valence-electron chi connectivity index (χ4n) is 2.79. The number of ether oxygens (including phenoxy) is 1. The number of nitrogens with zero attached hydrogens (tertiary/aromatic N) is 1. The molecule has 6 nitrogen and oxygen atoms in total. The van der Waals surface area contributed by atoms with Crippen LogP contribution in [0.3, 0.4) is 0 Å². The Kier molecular flexibility index (Phi) is 10.4. The summed E-state index contributed by atoms with van der Waals surface area (Å²) in [7, 11) is -2.87. The van der Waals surface area contributed by atoms with Crippen LogP contribution in [0.5, 0.6) is 5.75 Å². The Morgan fingerprint density at radius 2 is 2.15 bits per heavy atom. The van der Waals surface area contributed by atoms with E-state index in [1.807, 2.05) is 13.8 Å². The topological polar surface area (TPSA) is 79.8 Å². The average molecular weight is 513 g/mol. The van der Waals surface area contributed by atoms with E-state index in [1.54, 1.807) is 12.1 Å². The Morgan fingerprint density at radius 1 is 1.37 bits per heavy atom. The predicted molar refractivity (Wildman–Crippen MR) is 117 cm³/mol. The number of guanidine groups is 1. The van der Waals surface area contributed by atoms with Gasteiger partial charge in [-0.2, -0.15) is 0 Å². The Labute approximate surface area is 178 Å². The molecule has 154 valence electrons. The number of halogens is 2. The average Bonchev–Trinajstić information content (AvgIpc) is 2.95. The van der Waals surface area contributed by atoms with Crippen LogP contribution < -0.4 is 15.4 Å². The van der Waals surface area contributed by atoms with Gasteiger partial charge in [0.05, 0.1) is 18.1 Å². The first kappa shape index (κ1) is 23.9. The van der Waals surface area contributed by atoms with E-state index in [-0.39, 0.29) is 53.3 Å². The molecular weight excluding hydrogens is 484 g/mol. The lowest BCUT2D eigenvalue weighted by atomic mass is 10.1. The zero-order chi connectivity index (χ0) is 19.0. The van der Waals surface area contributed by atoms with Gasteiger partial charge in [0, 0.05) is 19.2 Å². The molecule has 1 heterocycles. The summed E-state index contributed by atoms with van der Waals surface area (Å²) in [5, 5.41) is 6.37. The van der Waals surface area contributed by atoms with Gasteiger partial charge in [0.25, 0.3) is 0 Å². The van der Waals surface area contributed by atoms with Crippen molar-refractivity contribution in [2.24, 2.45) is 10.9 Å². The molecule has 2 N–H and O–H groups in total. The standard InChI is InChI=1S/C18H28FN3O3S.HI/c1-3-16(25-17-7-5-6-15(19)10-17)12-22-18(20-4-2)21-11-14-8-9-26(23,24)13-14;/h5-7,10,14,16H,3-4,8-9,11-13H2,1-2H3,(H2,20,21,22);1H. The molecule has 2 unspecified atom stereocenters. The Hall–Kier alpha value is -1.10. The molecule has 0 saturated carbocycles. The SMILES string of the molecule is CCNC(=NCC(CC)Oc1cccc(F)c1)NCC1CCS(=O)(=O)C1.I. The fourth-order valence-corrected chi connectivity index (χ4v) is 4.65. The molecule has 0 aliphatic carbocycles. The molecule has 1 aliphatic rings. The van der Waals surface area contributed by atoms with E-state index in [9.17, 15) is 12.8 Å². The zero-order valence-corrected chi connectivity index (χ0v) is 18.9. The summed E-state index contributed by atoms with van der Waals surface area (Å²) in [6.45, 7) is 5.66. The summed E-state index contributed by atoms with van der Waals surface area (Å²) < 4.78 is 42.2. The Bertz CT molecular complexity index is 716. The molecule has 0 spiro atoms. The first-order chi connectivity index (χ1) is 12.4. The summed E-state index contributed by atoms with van der Waals surface area (Å²) in [5.41, 5.74) is 0. The second kappa shape index (κ2) is 11.7. The van der Waals surface area contributed by atoms with Gasteiger partial charge in [0.1, 0.15) is 17.7 Å². The summed E-state index contributed by atoms with van der Waals surface area (Å²) >= 11 is 0. The van der Waals surface area contributed by atoms with Crippen molar-refractivity contribution in [2.45, 2.75) is 32.8 Å². The zero-order valence-electron chi connectivity index (χ0n) is 15.8. The Balaban J connectivity index is 0.00000364. The third kappa shape index (κ3) is 8.63. The number of nitrogens with one attached hydrogen (secondary N) is 2. The highest BCUT2D eigenvalue weighted by molar-refractivity contribution is 14.0. The van der Waals surface area contributed by atoms with Crippen molar-refractivity contribution in [2.75, 3.05) is 31.1 Å². The van der Waals surface area contributed by atoms with Gasteiger partial charge < -0.3 is 15.4 Å². The van der Waals surface area contributed by atoms with Gasteiger partial charge in [-0.15, -0.1) is 24.0 Å². The molecule has 0 amide bonds. The molecule has 0 aromatic heterocycles. The third-order valence-electron chi connectivity index (χ3n) is 4.24. The van der Waals surface area contributed by atoms with E-state index in [0.29, 0.717) is 37.8 Å². The van der Waals surface area contributed by atoms with Gasteiger partial charge in [0.2, 0.25) is 0 Å². The fraction of sp³-hybridized carbons (Fsp3) is 0.611. The van der Waals surface area contributed by atoms with Crippen LogP contribution in [0, 0.1) is 11.7 Å². The number of benzene rings is 1. The van der Waals surface area contributed by atoms with E-state index in [2.05, 4.69) is 15.6 Å². The van der Waals surface area contributed by atoms with Crippen LogP contribution in [0.1, 0.15) is 26.7 Å². The minimum atomic E-state index is -2.87. The van der Waals surface area contributed by atoms with Crippen molar-refractivity contribution >= 4 is 39.8 Å². The van der Waals surface area contributed by atoms with Crippen LogP contribution in [0.25, 0.3) is 0 Å². The number of rotatable bonds is 8. The van der Waals surface area contributed by atoms with Crippen LogP contribution in [-0.2, 0) is 9.84 Å². The molecule has 1 aromatic rings. The van der Waals surface area contributed by atoms with Crippen molar-refractivity contribution in [1.82, 2.24) is 10.6 Å². The quantitative estimate of drug-likeness (QED) is 0.318. The number of aliphatic imine (C=N–C) groups is 1. The molecule has 2 atom stereocenters. The van der Waals surface area contributed by atoms with Gasteiger partial charge >= 0.3 is 0 Å². The van der Waals surface area contributed by atoms with Gasteiger partial charge in [-0.25, -0.2) is 17.8 Å². The second-order valence-electron chi connectivity index (χ2n) is 6.48. The monoisotopic (exact) mass is 513 g/mol. The smallest absolute Gasteiger partial charge is 0.191 e. The van der Waals surface area contributed by atoms with E-state index in [4.69, 9.17) is 4.74 Å². The van der Waals surface area contributed by atoms with Crippen LogP contribution in [0.4, 0.5) is 4.39 Å². The lowest BCUT2D eigenvalue weighted by molar-refractivity contribution is 0.205. The normalized spacial score (nSPS) is 19.8. The van der Waals surface area contributed by atoms with E-state index in [0.717, 1.165) is 6.42 Å². The maximum absolute atomic E-state index is 13.3. The van der Waals surface area contributed by atoms with Crippen molar-refractivity contribution in [3.8, 4) is 5.75 Å². The molecule has 2 rings (SSSR count). The summed E-state index contributed by atoms with van der Waals surface area (Å²) in [6.07, 6.45) is 1.26. The van der Waals surface area contributed by atoms with Crippen LogP contribution >= 0.6 is 24.0 Å². The van der Waals surface area contributed by atoms with Gasteiger partial charge in [-0.05, 0) is 37.8 Å². The molecule has 1 fully saturated rings. The lowest BCUT2D eigenvalue weighted by Gasteiger charge is -2.18. The van der Waals surface area contributed by atoms with Crippen LogP contribution in [-0.4, -0.2) is 51.6 Å². The highest BCUT2D eigenvalue weighted by atomic mass is 127. The molecule has 27 heavy (non-hydrogen) atoms. The molecular formula is C18H29FIN3O3S. The number of sulfone groups is 1. The van der Waals surface area contributed by atoms with Crippen molar-refractivity contribution in [1.29, 1.82) is 0 Å². The summed E-state index contributed by atoms with van der Waals surface area (Å²) in [4.78, 5) is 4.53. The first-order valence-electron chi connectivity index (χ1n) is 9.06. The molecule has 1 aliphatic heterocycles. The summed E-state index contributed by atoms with van der Waals surface area (Å²) in [6, 6.07) is 6.07. The van der Waals surface area contributed by atoms with Crippen molar-refractivity contribution in [3.63, 3.8) is 0 Å². The highest BCUT2D eigenvalue weighted by Crippen LogP contribution is 2.17. The maximum atomic E-state index is 13.3. The molecule has 9 heteroatoms. The van der Waals surface area contributed by atoms with Gasteiger partial charge in [-0.1, -0.05) is 13.0 Å². The molecule has 0 bridgehead atoms. The molecule has 0 radical (unpaired) electrons. The minimum Gasteiger partial charge on any atom is -0.488 e. The third-order valence-corrected chi connectivity index (χ3v) is 6.07. The number of hydrogen-bond acceptors (Lipinski definition) is 4. The second-order valence-corrected chi connectivity index (χ2v) is 8.70. The lowest BCUT2D eigenvalue weighted by Crippen LogP contribution is -2.40. The van der Waals surface area contributed by atoms with Crippen LogP contribution in [0.2, 0.25) is 0 Å². The van der Waals surface area contributed by atoms with E-state index in [1.165, 1.54) is 12.1 Å².